The molecule has 1 atom stereocenters. The number of nitrogens with zero attached hydrogens (tertiary/aromatic N) is 3. The monoisotopic (exact) mass is 462 g/mol. The summed E-state index contributed by atoms with van der Waals surface area (Å²) in [5.41, 5.74) is 0.142. The van der Waals surface area contributed by atoms with Crippen LogP contribution in [0, 0.1) is 11.3 Å². The number of ether oxygens (including phenoxy) is 1. The average Bonchev–Trinajstić information content (AvgIpc) is 2.84. The molecule has 3 aromatic rings. The number of nitriles is 1. The van der Waals surface area contributed by atoms with Crippen molar-refractivity contribution in [2.75, 3.05) is 7.11 Å². The van der Waals surface area contributed by atoms with Crippen LogP contribution in [0.1, 0.15) is 39.0 Å². The molecule has 7 nitrogen and oxygen atoms in total. The molecule has 0 bridgehead atoms. The third-order valence-corrected chi connectivity index (χ3v) is 7.04. The summed E-state index contributed by atoms with van der Waals surface area (Å²) in [6.07, 6.45) is 4.26. The van der Waals surface area contributed by atoms with Crippen LogP contribution in [0.15, 0.2) is 58.5 Å². The van der Waals surface area contributed by atoms with Gasteiger partial charge in [0.2, 0.25) is 5.91 Å². The number of hydrogen-bond acceptors (Lipinski definition) is 6. The molecule has 0 radical (unpaired) electrons. The molecule has 1 N–H and O–H groups in total. The Morgan fingerprint density at radius 1 is 1.21 bits per heavy atom. The normalized spacial score (nSPS) is 16.0. The first-order valence-corrected chi connectivity index (χ1v) is 11.9. The van der Waals surface area contributed by atoms with E-state index in [0.717, 1.165) is 19.3 Å². The number of aromatic nitrogens is 2. The highest BCUT2D eigenvalue weighted by molar-refractivity contribution is 8.00. The number of carbonyl (C=O) groups excluding carboxylic acids is 1. The van der Waals surface area contributed by atoms with Crippen LogP contribution in [0.3, 0.4) is 0 Å². The average molecular weight is 463 g/mol. The topological polar surface area (TPSA) is 97.0 Å². The molecule has 4 rings (SSSR count). The first kappa shape index (κ1) is 22.9. The zero-order chi connectivity index (χ0) is 23.4. The van der Waals surface area contributed by atoms with Crippen LogP contribution in [0.25, 0.3) is 16.6 Å². The number of rotatable bonds is 6. The summed E-state index contributed by atoms with van der Waals surface area (Å²) in [7, 11) is 1.57. The molecule has 1 aromatic heterocycles. The first-order valence-electron chi connectivity index (χ1n) is 11.0. The van der Waals surface area contributed by atoms with Gasteiger partial charge in [-0.3, -0.25) is 14.2 Å². The van der Waals surface area contributed by atoms with Crippen molar-refractivity contribution in [1.29, 1.82) is 5.26 Å². The van der Waals surface area contributed by atoms with E-state index in [4.69, 9.17) is 9.72 Å². The molecule has 170 valence electrons. The third kappa shape index (κ3) is 4.74. The van der Waals surface area contributed by atoms with Crippen LogP contribution in [0.2, 0.25) is 0 Å². The number of amides is 1. The van der Waals surface area contributed by atoms with Crippen LogP contribution in [0.5, 0.6) is 5.75 Å². The Hall–Kier alpha value is -3.31. The highest BCUT2D eigenvalue weighted by Gasteiger charge is 2.35. The largest absolute Gasteiger partial charge is 0.497 e. The lowest BCUT2D eigenvalue weighted by molar-refractivity contribution is -0.121. The van der Waals surface area contributed by atoms with Crippen LogP contribution >= 0.6 is 11.8 Å². The van der Waals surface area contributed by atoms with Gasteiger partial charge in [0.15, 0.2) is 5.16 Å². The van der Waals surface area contributed by atoms with E-state index in [0.29, 0.717) is 40.3 Å². The van der Waals surface area contributed by atoms with Gasteiger partial charge in [-0.1, -0.05) is 49.2 Å². The Bertz CT molecular complexity index is 1270. The van der Waals surface area contributed by atoms with Gasteiger partial charge in [-0.15, -0.1) is 0 Å². The molecular formula is C25H26N4O3S. The number of para-hydroxylation sites is 1. The molecule has 0 spiro atoms. The van der Waals surface area contributed by atoms with Crippen molar-refractivity contribution >= 4 is 28.6 Å². The second kappa shape index (κ2) is 9.67. The zero-order valence-electron chi connectivity index (χ0n) is 18.7. The molecule has 1 aliphatic rings. The number of methoxy groups -OCH3 is 1. The number of hydrogen-bond donors (Lipinski definition) is 1. The summed E-state index contributed by atoms with van der Waals surface area (Å²) in [5.74, 6) is 0.380. The Morgan fingerprint density at radius 2 is 1.97 bits per heavy atom. The molecule has 1 saturated carbocycles. The van der Waals surface area contributed by atoms with Crippen molar-refractivity contribution in [2.24, 2.45) is 0 Å². The maximum absolute atomic E-state index is 13.4. The smallest absolute Gasteiger partial charge is 0.266 e. The van der Waals surface area contributed by atoms with Crippen molar-refractivity contribution in [3.05, 3.63) is 58.9 Å². The van der Waals surface area contributed by atoms with Crippen LogP contribution in [-0.4, -0.2) is 33.4 Å². The standard InChI is InChI=1S/C25H26N4O3S/c1-17(22(30)28-25(16-26)13-6-3-7-14-25)33-24-27-21-12-5-4-11-20(21)23(31)29(24)18-9-8-10-19(15-18)32-2/h4-5,8-12,15,17H,3,6-7,13-14H2,1-2H3,(H,28,30). The summed E-state index contributed by atoms with van der Waals surface area (Å²) < 4.78 is 6.85. The minimum Gasteiger partial charge on any atom is -0.497 e. The molecule has 8 heteroatoms. The molecule has 1 unspecified atom stereocenters. The van der Waals surface area contributed by atoms with E-state index in [-0.39, 0.29) is 11.5 Å². The lowest BCUT2D eigenvalue weighted by Crippen LogP contribution is -2.51. The van der Waals surface area contributed by atoms with Crippen LogP contribution < -0.4 is 15.6 Å². The van der Waals surface area contributed by atoms with Gasteiger partial charge in [0.1, 0.15) is 11.3 Å². The number of thioether (sulfide) groups is 1. The van der Waals surface area contributed by atoms with E-state index in [1.54, 1.807) is 50.4 Å². The molecule has 0 saturated heterocycles. The fourth-order valence-corrected chi connectivity index (χ4v) is 5.06. The Labute approximate surface area is 196 Å². The lowest BCUT2D eigenvalue weighted by Gasteiger charge is -2.32. The SMILES string of the molecule is COc1cccc(-n2c(SC(C)C(=O)NC3(C#N)CCCCC3)nc3ccccc3c2=O)c1. The van der Waals surface area contributed by atoms with Crippen molar-refractivity contribution in [1.82, 2.24) is 14.9 Å². The Balaban J connectivity index is 1.71. The second-order valence-corrected chi connectivity index (χ2v) is 9.57. The molecule has 0 aliphatic heterocycles. The van der Waals surface area contributed by atoms with Gasteiger partial charge in [0.05, 0.1) is 35.0 Å². The minimum absolute atomic E-state index is 0.218. The molecule has 2 aromatic carbocycles. The molecule has 1 fully saturated rings. The molecule has 33 heavy (non-hydrogen) atoms. The van der Waals surface area contributed by atoms with Gasteiger partial charge in [-0.2, -0.15) is 5.26 Å². The lowest BCUT2D eigenvalue weighted by atomic mass is 9.83. The Morgan fingerprint density at radius 3 is 2.70 bits per heavy atom. The third-order valence-electron chi connectivity index (χ3n) is 5.99. The number of carbonyl (C=O) groups is 1. The summed E-state index contributed by atoms with van der Waals surface area (Å²) >= 11 is 1.20. The van der Waals surface area contributed by atoms with E-state index in [9.17, 15) is 14.9 Å². The maximum Gasteiger partial charge on any atom is 0.266 e. The van der Waals surface area contributed by atoms with Crippen molar-refractivity contribution in [3.63, 3.8) is 0 Å². The predicted octanol–water partition coefficient (Wildman–Crippen LogP) is 4.22. The van der Waals surface area contributed by atoms with Gasteiger partial charge >= 0.3 is 0 Å². The maximum atomic E-state index is 13.4. The van der Waals surface area contributed by atoms with Gasteiger partial charge in [-0.25, -0.2) is 4.98 Å². The zero-order valence-corrected chi connectivity index (χ0v) is 19.5. The van der Waals surface area contributed by atoms with Crippen molar-refractivity contribution in [3.8, 4) is 17.5 Å². The Kier molecular flexibility index (Phi) is 6.70. The van der Waals surface area contributed by atoms with Gasteiger partial charge in [0, 0.05) is 6.07 Å². The molecule has 1 amide bonds. The van der Waals surface area contributed by atoms with Crippen molar-refractivity contribution < 1.29 is 9.53 Å². The second-order valence-electron chi connectivity index (χ2n) is 8.26. The van der Waals surface area contributed by atoms with E-state index < -0.39 is 10.8 Å². The summed E-state index contributed by atoms with van der Waals surface area (Å²) in [5, 5.41) is 13.0. The van der Waals surface area contributed by atoms with E-state index >= 15 is 0 Å². The first-order chi connectivity index (χ1) is 16.0. The number of benzene rings is 2. The number of fused-ring (bicyclic) bond motifs is 1. The van der Waals surface area contributed by atoms with E-state index in [2.05, 4.69) is 11.4 Å². The quantitative estimate of drug-likeness (QED) is 0.435. The van der Waals surface area contributed by atoms with Crippen molar-refractivity contribution in [2.45, 2.75) is 55.0 Å². The fourth-order valence-electron chi connectivity index (χ4n) is 4.14. The highest BCUT2D eigenvalue weighted by atomic mass is 32.2. The van der Waals surface area contributed by atoms with Gasteiger partial charge in [-0.05, 0) is 44.0 Å². The van der Waals surface area contributed by atoms with E-state index in [1.165, 1.54) is 16.3 Å². The fraction of sp³-hybridized carbons (Fsp3) is 0.360. The molecule has 1 aliphatic carbocycles. The van der Waals surface area contributed by atoms with E-state index in [1.807, 2.05) is 12.1 Å². The minimum atomic E-state index is -0.812. The molecule has 1 heterocycles. The van der Waals surface area contributed by atoms with Crippen LogP contribution in [-0.2, 0) is 4.79 Å². The van der Waals surface area contributed by atoms with Crippen LogP contribution in [0.4, 0.5) is 0 Å². The highest BCUT2D eigenvalue weighted by Crippen LogP contribution is 2.30. The summed E-state index contributed by atoms with van der Waals surface area (Å²) in [6, 6.07) is 16.7. The number of nitrogens with one attached hydrogen (secondary N) is 1. The molecular weight excluding hydrogens is 436 g/mol. The van der Waals surface area contributed by atoms with Gasteiger partial charge in [0.25, 0.3) is 5.56 Å². The van der Waals surface area contributed by atoms with Gasteiger partial charge < -0.3 is 10.1 Å². The predicted molar refractivity (Wildman–Crippen MR) is 129 cm³/mol. The summed E-state index contributed by atoms with van der Waals surface area (Å²) in [4.78, 5) is 31.2. The summed E-state index contributed by atoms with van der Waals surface area (Å²) in [6.45, 7) is 1.77.